The number of benzene rings is 3. The van der Waals surface area contributed by atoms with E-state index in [1.165, 1.54) is 4.90 Å². The zero-order valence-corrected chi connectivity index (χ0v) is 22.4. The van der Waals surface area contributed by atoms with Crippen LogP contribution in [0, 0.1) is 13.8 Å². The van der Waals surface area contributed by atoms with E-state index in [0.717, 1.165) is 16.7 Å². The van der Waals surface area contributed by atoms with Crippen LogP contribution in [0.25, 0.3) is 5.76 Å². The predicted octanol–water partition coefficient (Wildman–Crippen LogP) is 6.24. The summed E-state index contributed by atoms with van der Waals surface area (Å²) in [6.45, 7) is 10.0. The van der Waals surface area contributed by atoms with Gasteiger partial charge in [0.1, 0.15) is 17.3 Å². The van der Waals surface area contributed by atoms with Crippen molar-refractivity contribution in [2.45, 2.75) is 46.1 Å². The molecule has 192 valence electrons. The quantitative estimate of drug-likeness (QED) is 0.255. The molecule has 4 rings (SSSR count). The van der Waals surface area contributed by atoms with Crippen LogP contribution in [0.5, 0.6) is 11.5 Å². The predicted molar refractivity (Wildman–Crippen MR) is 145 cm³/mol. The Labute approximate surface area is 218 Å². The van der Waals surface area contributed by atoms with Crippen LogP contribution in [0.4, 0.5) is 5.69 Å². The van der Waals surface area contributed by atoms with Gasteiger partial charge in [-0.15, -0.1) is 0 Å². The number of aryl methyl sites for hydroxylation is 2. The van der Waals surface area contributed by atoms with Gasteiger partial charge >= 0.3 is 0 Å². The number of Topliss-reactive ketones (excluding diaryl/α,β-unsaturated/α-hetero) is 1. The molecule has 37 heavy (non-hydrogen) atoms. The first-order valence-electron chi connectivity index (χ1n) is 12.2. The number of aliphatic hydroxyl groups is 1. The van der Waals surface area contributed by atoms with E-state index in [4.69, 9.17) is 9.47 Å². The van der Waals surface area contributed by atoms with Crippen LogP contribution >= 0.6 is 0 Å². The van der Waals surface area contributed by atoms with Crippen molar-refractivity contribution < 1.29 is 24.2 Å². The summed E-state index contributed by atoms with van der Waals surface area (Å²) in [6, 6.07) is 17.4. The Morgan fingerprint density at radius 2 is 1.57 bits per heavy atom. The number of amides is 1. The van der Waals surface area contributed by atoms with Gasteiger partial charge < -0.3 is 14.6 Å². The fourth-order valence-electron chi connectivity index (χ4n) is 4.91. The Kier molecular flexibility index (Phi) is 6.87. The van der Waals surface area contributed by atoms with E-state index in [-0.39, 0.29) is 16.7 Å². The largest absolute Gasteiger partial charge is 0.507 e. The van der Waals surface area contributed by atoms with Crippen molar-refractivity contribution in [2.75, 3.05) is 19.1 Å². The third-order valence-corrected chi connectivity index (χ3v) is 6.62. The average molecular weight is 500 g/mol. The van der Waals surface area contributed by atoms with Crippen LogP contribution in [-0.2, 0) is 15.0 Å². The maximum atomic E-state index is 13.6. The van der Waals surface area contributed by atoms with E-state index in [1.807, 2.05) is 65.0 Å². The smallest absolute Gasteiger partial charge is 0.300 e. The lowest BCUT2D eigenvalue weighted by Gasteiger charge is -2.27. The molecule has 1 amide bonds. The molecule has 3 aromatic rings. The Bertz CT molecular complexity index is 1390. The van der Waals surface area contributed by atoms with Gasteiger partial charge in [-0.2, -0.15) is 0 Å². The van der Waals surface area contributed by atoms with Crippen molar-refractivity contribution in [3.05, 3.63) is 94.1 Å². The highest BCUT2D eigenvalue weighted by molar-refractivity contribution is 6.51. The molecular weight excluding hydrogens is 466 g/mol. The highest BCUT2D eigenvalue weighted by atomic mass is 16.5. The number of nitrogens with zero attached hydrogens (tertiary/aromatic N) is 1. The van der Waals surface area contributed by atoms with Crippen LogP contribution < -0.4 is 14.4 Å². The Morgan fingerprint density at radius 1 is 0.892 bits per heavy atom. The van der Waals surface area contributed by atoms with E-state index in [1.54, 1.807) is 44.6 Å². The van der Waals surface area contributed by atoms with Gasteiger partial charge in [-0.3, -0.25) is 14.5 Å². The highest BCUT2D eigenvalue weighted by Crippen LogP contribution is 2.44. The summed E-state index contributed by atoms with van der Waals surface area (Å²) >= 11 is 0. The minimum atomic E-state index is -0.837. The molecule has 3 aromatic carbocycles. The monoisotopic (exact) mass is 499 g/mol. The van der Waals surface area contributed by atoms with Crippen molar-refractivity contribution in [1.29, 1.82) is 0 Å². The van der Waals surface area contributed by atoms with Crippen LogP contribution in [0.15, 0.2) is 66.2 Å². The first-order valence-corrected chi connectivity index (χ1v) is 12.2. The molecule has 1 heterocycles. The van der Waals surface area contributed by atoms with Crippen molar-refractivity contribution in [2.24, 2.45) is 0 Å². The number of carbonyl (C=O) groups is 2. The van der Waals surface area contributed by atoms with Gasteiger partial charge in [0.15, 0.2) is 0 Å². The van der Waals surface area contributed by atoms with Crippen LogP contribution in [-0.4, -0.2) is 31.0 Å². The summed E-state index contributed by atoms with van der Waals surface area (Å²) in [5, 5.41) is 11.6. The molecular formula is C31H33NO5. The van der Waals surface area contributed by atoms with Gasteiger partial charge in [0.25, 0.3) is 11.7 Å². The van der Waals surface area contributed by atoms with Gasteiger partial charge in [0.2, 0.25) is 0 Å². The first kappa shape index (κ1) is 26.0. The van der Waals surface area contributed by atoms with E-state index in [2.05, 4.69) is 0 Å². The topological polar surface area (TPSA) is 76.1 Å². The minimum Gasteiger partial charge on any atom is -0.507 e. The molecule has 1 N–H and O–H groups in total. The third kappa shape index (κ3) is 4.84. The zero-order valence-electron chi connectivity index (χ0n) is 22.4. The summed E-state index contributed by atoms with van der Waals surface area (Å²) in [6.07, 6.45) is 0. The standard InChI is InChI=1S/C31H33NO5/c1-18-13-19(2)15-22(14-18)32-27(20-9-8-10-23(16-20)36-6)26(29(34)30(32)35)28(33)21-11-12-25(37-7)24(17-21)31(3,4)5/h8-17,27,33H,1-7H3/b28-26-. The lowest BCUT2D eigenvalue weighted by molar-refractivity contribution is -0.132. The average Bonchev–Trinajstić information content (AvgIpc) is 3.12. The second kappa shape index (κ2) is 9.77. The van der Waals surface area contributed by atoms with Crippen LogP contribution in [0.2, 0.25) is 0 Å². The SMILES string of the molecule is COc1cccc(C2/C(=C(/O)c3ccc(OC)c(C(C)(C)C)c3)C(=O)C(=O)N2c2cc(C)cc(C)c2)c1. The van der Waals surface area contributed by atoms with Crippen molar-refractivity contribution in [1.82, 2.24) is 0 Å². The van der Waals surface area contributed by atoms with E-state index in [9.17, 15) is 14.7 Å². The van der Waals surface area contributed by atoms with Gasteiger partial charge in [0.05, 0.1) is 25.8 Å². The third-order valence-electron chi connectivity index (χ3n) is 6.62. The molecule has 0 spiro atoms. The first-order chi connectivity index (χ1) is 17.5. The van der Waals surface area contributed by atoms with Crippen LogP contribution in [0.1, 0.15) is 54.6 Å². The molecule has 1 aliphatic rings. The summed E-state index contributed by atoms with van der Waals surface area (Å²) in [7, 11) is 3.16. The number of carbonyl (C=O) groups excluding carboxylic acids is 2. The van der Waals surface area contributed by atoms with Crippen LogP contribution in [0.3, 0.4) is 0 Å². The number of rotatable bonds is 5. The van der Waals surface area contributed by atoms with E-state index in [0.29, 0.717) is 28.3 Å². The summed E-state index contributed by atoms with van der Waals surface area (Å²) in [5.74, 6) is -0.389. The Balaban J connectivity index is 1.99. The fourth-order valence-corrected chi connectivity index (χ4v) is 4.91. The summed E-state index contributed by atoms with van der Waals surface area (Å²) < 4.78 is 11.0. The molecule has 0 radical (unpaired) electrons. The lowest BCUT2D eigenvalue weighted by Crippen LogP contribution is -2.29. The lowest BCUT2D eigenvalue weighted by atomic mass is 9.84. The number of hydrogen-bond acceptors (Lipinski definition) is 5. The van der Waals surface area contributed by atoms with Gasteiger partial charge in [0, 0.05) is 16.8 Å². The van der Waals surface area contributed by atoms with Crippen molar-refractivity contribution >= 4 is 23.1 Å². The Hall–Kier alpha value is -4.06. The zero-order chi connectivity index (χ0) is 27.1. The Morgan fingerprint density at radius 3 is 2.16 bits per heavy atom. The molecule has 1 atom stereocenters. The molecule has 0 saturated carbocycles. The van der Waals surface area contributed by atoms with Gasteiger partial charge in [-0.25, -0.2) is 0 Å². The molecule has 0 bridgehead atoms. The van der Waals surface area contributed by atoms with Crippen molar-refractivity contribution in [3.63, 3.8) is 0 Å². The number of hydrogen-bond donors (Lipinski definition) is 1. The second-order valence-corrected chi connectivity index (χ2v) is 10.5. The highest BCUT2D eigenvalue weighted by Gasteiger charge is 2.47. The maximum absolute atomic E-state index is 13.6. The molecule has 0 aliphatic carbocycles. The van der Waals surface area contributed by atoms with Gasteiger partial charge in [-0.1, -0.05) is 39.0 Å². The summed E-state index contributed by atoms with van der Waals surface area (Å²) in [4.78, 5) is 28.5. The number of ketones is 1. The van der Waals surface area contributed by atoms with Gasteiger partial charge in [-0.05, 0) is 78.4 Å². The molecule has 1 aliphatic heterocycles. The van der Waals surface area contributed by atoms with E-state index >= 15 is 0 Å². The molecule has 6 nitrogen and oxygen atoms in total. The number of methoxy groups -OCH3 is 2. The molecule has 0 aromatic heterocycles. The number of aliphatic hydroxyl groups excluding tert-OH is 1. The number of ether oxygens (including phenoxy) is 2. The molecule has 1 unspecified atom stereocenters. The van der Waals surface area contributed by atoms with E-state index < -0.39 is 17.7 Å². The maximum Gasteiger partial charge on any atom is 0.300 e. The van der Waals surface area contributed by atoms with Crippen molar-refractivity contribution in [3.8, 4) is 11.5 Å². The molecule has 6 heteroatoms. The normalized spacial score (nSPS) is 17.3. The molecule has 1 saturated heterocycles. The molecule has 1 fully saturated rings. The number of anilines is 1. The summed E-state index contributed by atoms with van der Waals surface area (Å²) in [5.41, 5.74) is 4.25. The fraction of sp³-hybridized carbons (Fsp3) is 0.290. The second-order valence-electron chi connectivity index (χ2n) is 10.5. The minimum absolute atomic E-state index is 0.0300.